The summed E-state index contributed by atoms with van der Waals surface area (Å²) in [4.78, 5) is 11.0. The zero-order valence-electron chi connectivity index (χ0n) is 6.56. The summed E-state index contributed by atoms with van der Waals surface area (Å²) in [6.45, 7) is 7.13. The van der Waals surface area contributed by atoms with Gasteiger partial charge in [0.05, 0.1) is 12.7 Å². The van der Waals surface area contributed by atoms with Crippen molar-refractivity contribution >= 4 is 37.8 Å². The molecule has 0 heterocycles. The number of carbonyl (C=O) groups excluding carboxylic acids is 1. The van der Waals surface area contributed by atoms with Crippen LogP contribution in [0.4, 0.5) is 0 Å². The maximum absolute atomic E-state index is 11.0. The van der Waals surface area contributed by atoms with Crippen molar-refractivity contribution < 1.29 is 9.53 Å². The summed E-state index contributed by atoms with van der Waals surface area (Å²) < 4.78 is 5.57. The molecule has 0 atom stereocenters. The normalized spacial score (nSPS) is 10.8. The first-order chi connectivity index (χ1) is 5.49. The maximum atomic E-state index is 11.0. The van der Waals surface area contributed by atoms with Crippen LogP contribution < -0.4 is 0 Å². The van der Waals surface area contributed by atoms with E-state index in [2.05, 4.69) is 49.8 Å². The number of carbonyl (C=O) groups is 1. The SMILES string of the molecule is C=C(Br)/C=C(\C(=C)Br)C(=O)OC. The van der Waals surface area contributed by atoms with Gasteiger partial charge in [0, 0.05) is 8.96 Å². The lowest BCUT2D eigenvalue weighted by Crippen LogP contribution is -2.04. The predicted molar refractivity (Wildman–Crippen MR) is 56.2 cm³/mol. The summed E-state index contributed by atoms with van der Waals surface area (Å²) in [5.74, 6) is -0.447. The van der Waals surface area contributed by atoms with Gasteiger partial charge in [-0.2, -0.15) is 0 Å². The largest absolute Gasteiger partial charge is 0.465 e. The molecular formula is C8H8Br2O2. The highest BCUT2D eigenvalue weighted by Crippen LogP contribution is 2.19. The van der Waals surface area contributed by atoms with Gasteiger partial charge in [-0.25, -0.2) is 4.79 Å². The molecule has 0 fully saturated rings. The molecule has 0 saturated heterocycles. The lowest BCUT2D eigenvalue weighted by atomic mass is 10.2. The Morgan fingerprint density at radius 1 is 1.42 bits per heavy atom. The summed E-state index contributed by atoms with van der Waals surface area (Å²) in [6, 6.07) is 0. The molecule has 0 spiro atoms. The molecule has 4 heteroatoms. The minimum atomic E-state index is -0.447. The van der Waals surface area contributed by atoms with Gasteiger partial charge in [-0.15, -0.1) is 0 Å². The minimum absolute atomic E-state index is 0.347. The summed E-state index contributed by atoms with van der Waals surface area (Å²) in [7, 11) is 1.31. The highest BCUT2D eigenvalue weighted by molar-refractivity contribution is 9.12. The monoisotopic (exact) mass is 294 g/mol. The Bertz CT molecular complexity index is 254. The summed E-state index contributed by atoms with van der Waals surface area (Å²) in [6.07, 6.45) is 1.53. The first-order valence-electron chi connectivity index (χ1n) is 2.98. The summed E-state index contributed by atoms with van der Waals surface area (Å²) in [5, 5.41) is 0. The molecular weight excluding hydrogens is 288 g/mol. The molecule has 0 aromatic heterocycles. The highest BCUT2D eigenvalue weighted by atomic mass is 79.9. The first kappa shape index (κ1) is 11.6. The van der Waals surface area contributed by atoms with Gasteiger partial charge in [0.25, 0.3) is 0 Å². The van der Waals surface area contributed by atoms with Gasteiger partial charge in [0.15, 0.2) is 0 Å². The van der Waals surface area contributed by atoms with E-state index in [1.807, 2.05) is 0 Å². The van der Waals surface area contributed by atoms with Gasteiger partial charge in [-0.3, -0.25) is 0 Å². The van der Waals surface area contributed by atoms with E-state index in [4.69, 9.17) is 0 Å². The Labute approximate surface area is 88.2 Å². The van der Waals surface area contributed by atoms with E-state index >= 15 is 0 Å². The van der Waals surface area contributed by atoms with Crippen LogP contribution in [0.15, 0.2) is 33.8 Å². The maximum Gasteiger partial charge on any atom is 0.339 e. The van der Waals surface area contributed by atoms with Crippen LogP contribution in [0.3, 0.4) is 0 Å². The van der Waals surface area contributed by atoms with E-state index in [9.17, 15) is 4.79 Å². The third-order valence-electron chi connectivity index (χ3n) is 0.999. The number of allylic oxidation sites excluding steroid dienone is 2. The van der Waals surface area contributed by atoms with Gasteiger partial charge < -0.3 is 4.74 Å². The van der Waals surface area contributed by atoms with Crippen molar-refractivity contribution in [2.45, 2.75) is 0 Å². The fourth-order valence-corrected chi connectivity index (χ4v) is 1.02. The number of esters is 1. The molecule has 12 heavy (non-hydrogen) atoms. The van der Waals surface area contributed by atoms with Crippen LogP contribution in [-0.4, -0.2) is 13.1 Å². The Morgan fingerprint density at radius 3 is 2.17 bits per heavy atom. The van der Waals surface area contributed by atoms with Gasteiger partial charge in [-0.05, 0) is 6.08 Å². The van der Waals surface area contributed by atoms with Crippen LogP contribution in [0.2, 0.25) is 0 Å². The third-order valence-corrected chi connectivity index (χ3v) is 1.65. The molecule has 0 aromatic carbocycles. The molecule has 0 bridgehead atoms. The standard InChI is InChI=1S/C8H8Br2O2/c1-5(9)4-7(6(2)10)8(11)12-3/h4H,1-2H2,3H3/b7-4+. The Morgan fingerprint density at radius 2 is 1.92 bits per heavy atom. The number of hydrogen-bond acceptors (Lipinski definition) is 2. The molecule has 2 nitrogen and oxygen atoms in total. The second kappa shape index (κ2) is 5.32. The lowest BCUT2D eigenvalue weighted by Gasteiger charge is -2.01. The van der Waals surface area contributed by atoms with Crippen molar-refractivity contribution in [3.05, 3.63) is 33.8 Å². The second-order valence-electron chi connectivity index (χ2n) is 1.90. The number of methoxy groups -OCH3 is 1. The third kappa shape index (κ3) is 3.88. The predicted octanol–water partition coefficient (Wildman–Crippen LogP) is 2.90. The van der Waals surface area contributed by atoms with Crippen LogP contribution in [0.25, 0.3) is 0 Å². The van der Waals surface area contributed by atoms with Crippen LogP contribution in [0.5, 0.6) is 0 Å². The average Bonchev–Trinajstić information content (AvgIpc) is 1.98. The molecule has 0 aromatic rings. The molecule has 0 radical (unpaired) electrons. The zero-order valence-corrected chi connectivity index (χ0v) is 9.74. The van der Waals surface area contributed by atoms with Crippen LogP contribution in [0.1, 0.15) is 0 Å². The van der Waals surface area contributed by atoms with Gasteiger partial charge in [0.1, 0.15) is 0 Å². The van der Waals surface area contributed by atoms with Crippen LogP contribution >= 0.6 is 31.9 Å². The van der Waals surface area contributed by atoms with E-state index in [1.54, 1.807) is 0 Å². The minimum Gasteiger partial charge on any atom is -0.465 e. The summed E-state index contributed by atoms with van der Waals surface area (Å²) >= 11 is 6.19. The lowest BCUT2D eigenvalue weighted by molar-refractivity contribution is -0.135. The van der Waals surface area contributed by atoms with E-state index in [0.29, 0.717) is 14.5 Å². The number of halogens is 2. The molecule has 0 aliphatic carbocycles. The Hall–Kier alpha value is -0.350. The molecule has 0 unspecified atom stereocenters. The first-order valence-corrected chi connectivity index (χ1v) is 4.56. The number of hydrogen-bond donors (Lipinski definition) is 0. The van der Waals surface area contributed by atoms with Crippen LogP contribution in [-0.2, 0) is 9.53 Å². The molecule has 0 saturated carbocycles. The quantitative estimate of drug-likeness (QED) is 0.455. The summed E-state index contributed by atoms with van der Waals surface area (Å²) in [5.41, 5.74) is 0.347. The molecule has 66 valence electrons. The number of ether oxygens (including phenoxy) is 1. The average molecular weight is 296 g/mol. The fourth-order valence-electron chi connectivity index (χ4n) is 0.515. The van der Waals surface area contributed by atoms with Gasteiger partial charge in [0.2, 0.25) is 0 Å². The van der Waals surface area contributed by atoms with Crippen molar-refractivity contribution in [1.82, 2.24) is 0 Å². The fraction of sp³-hybridized carbons (Fsp3) is 0.125. The second-order valence-corrected chi connectivity index (χ2v) is 3.88. The highest BCUT2D eigenvalue weighted by Gasteiger charge is 2.10. The van der Waals surface area contributed by atoms with E-state index in [0.717, 1.165) is 0 Å². The number of rotatable bonds is 3. The van der Waals surface area contributed by atoms with E-state index < -0.39 is 5.97 Å². The zero-order chi connectivity index (χ0) is 9.72. The molecule has 0 aliphatic rings. The van der Waals surface area contributed by atoms with E-state index in [-0.39, 0.29) is 0 Å². The van der Waals surface area contributed by atoms with Crippen LogP contribution in [0, 0.1) is 0 Å². The smallest absolute Gasteiger partial charge is 0.339 e. The van der Waals surface area contributed by atoms with Crippen molar-refractivity contribution in [3.63, 3.8) is 0 Å². The topological polar surface area (TPSA) is 26.3 Å². The van der Waals surface area contributed by atoms with E-state index in [1.165, 1.54) is 13.2 Å². The Balaban J connectivity index is 4.79. The molecule has 0 rings (SSSR count). The van der Waals surface area contributed by atoms with Crippen molar-refractivity contribution in [3.8, 4) is 0 Å². The van der Waals surface area contributed by atoms with Crippen molar-refractivity contribution in [2.24, 2.45) is 0 Å². The molecule has 0 amide bonds. The van der Waals surface area contributed by atoms with Gasteiger partial charge in [-0.1, -0.05) is 45.0 Å². The van der Waals surface area contributed by atoms with Crippen molar-refractivity contribution in [1.29, 1.82) is 0 Å². The molecule has 0 N–H and O–H groups in total. The Kier molecular flexibility index (Phi) is 5.17. The van der Waals surface area contributed by atoms with Gasteiger partial charge >= 0.3 is 5.97 Å². The van der Waals surface area contributed by atoms with Crippen molar-refractivity contribution in [2.75, 3.05) is 7.11 Å². The molecule has 0 aliphatic heterocycles.